The van der Waals surface area contributed by atoms with E-state index in [-0.39, 0.29) is 71.1 Å². The summed E-state index contributed by atoms with van der Waals surface area (Å²) in [5.41, 5.74) is 4.11. The number of aromatic nitrogens is 2. The number of sulfonamides is 1. The molecule has 75 heavy (non-hydrogen) atoms. The number of amides is 1. The highest BCUT2D eigenvalue weighted by Crippen LogP contribution is 2.50. The predicted molar refractivity (Wildman–Crippen MR) is 283 cm³/mol. The molecule has 2 saturated carbocycles. The van der Waals surface area contributed by atoms with Gasteiger partial charge in [0.15, 0.2) is 17.2 Å². The number of aliphatic hydroxyl groups is 1. The molecule has 0 bridgehead atoms. The van der Waals surface area contributed by atoms with Crippen molar-refractivity contribution in [3.63, 3.8) is 0 Å². The van der Waals surface area contributed by atoms with Gasteiger partial charge >= 0.3 is 0 Å². The molecule has 4 atom stereocenters. The number of aromatic amines is 1. The molecule has 3 aromatic carbocycles. The molecule has 18 nitrogen and oxygen atoms in total. The second kappa shape index (κ2) is 20.5. The molecule has 2 aromatic heterocycles. The summed E-state index contributed by atoms with van der Waals surface area (Å²) >= 11 is 0. The molecular weight excluding hydrogens is 979 g/mol. The Bertz CT molecular complexity index is 3060. The van der Waals surface area contributed by atoms with E-state index >= 15 is 0 Å². The van der Waals surface area contributed by atoms with Gasteiger partial charge in [0.25, 0.3) is 27.5 Å². The van der Waals surface area contributed by atoms with Crippen molar-refractivity contribution >= 4 is 44.0 Å². The van der Waals surface area contributed by atoms with E-state index in [9.17, 15) is 28.4 Å². The molecule has 4 N–H and O–H groups in total. The lowest BCUT2D eigenvalue weighted by Gasteiger charge is -2.57. The molecule has 3 saturated heterocycles. The maximum Gasteiger partial charge on any atom is 0.297 e. The summed E-state index contributed by atoms with van der Waals surface area (Å²) in [6, 6.07) is 20.2. The Morgan fingerprint density at radius 3 is 2.52 bits per heavy atom. The molecule has 1 amide bonds. The van der Waals surface area contributed by atoms with Crippen LogP contribution in [0.2, 0.25) is 0 Å². The van der Waals surface area contributed by atoms with Gasteiger partial charge in [-0.1, -0.05) is 44.5 Å². The SMILES string of the molecule is Cc1cc2cc(Oc3cc(N4CCC5(CC4)CN(C4CCC[C@@H]4c4ccccc4C(C)C)C5)ccc3C(=O)NS(=O)(=O)c3cc4c(c([N+](=O)[O-])c3)N[C@@H](C3CCC(C)(O)CC3)CO4)c(OC[C@@H]3COCCO3)nc2[nH]1. The smallest absolute Gasteiger partial charge is 0.297 e. The van der Waals surface area contributed by atoms with E-state index in [0.29, 0.717) is 69.0 Å². The Labute approximate surface area is 438 Å². The van der Waals surface area contributed by atoms with Crippen molar-refractivity contribution < 1.29 is 46.9 Å². The van der Waals surface area contributed by atoms with Gasteiger partial charge in [-0.25, -0.2) is 13.1 Å². The minimum atomic E-state index is -4.74. The number of anilines is 2. The zero-order valence-corrected chi connectivity index (χ0v) is 44.1. The normalized spacial score (nSPS) is 25.8. The fraction of sp³-hybridized carbons (Fsp3) is 0.536. The molecule has 19 heteroatoms. The number of nitro benzene ring substituents is 1. The number of aryl methyl sites for hydroxylation is 1. The third-order valence-corrected chi connectivity index (χ3v) is 18.1. The standard InChI is InChI=1S/C56H69N7O11S/c1-34(2)41-8-5-6-9-42(41)43-10-7-11-46(43)62-32-56(33-62)18-20-61(21-19-56)38-12-13-44(48(26-38)74-50-25-37-24-35(3)57-52(37)59-54(50)73-30-39-29-70-22-23-71-39)53(64)60-75(68,69)40-27-47(63(66)67)51-49(28-40)72-31-45(58-51)36-14-16-55(4,65)17-15-36/h5-6,8-9,12-13,24-28,34,36,39,43,45-46,58,65H,7,10-11,14-23,29-33H2,1-4H3,(H,57,59)(H,60,64)/t36?,39-,43+,45+,46?,55?/m0/s1. The predicted octanol–water partition coefficient (Wildman–Crippen LogP) is 8.96. The van der Waals surface area contributed by atoms with Crippen molar-refractivity contribution in [2.45, 2.75) is 126 Å². The van der Waals surface area contributed by atoms with Crippen LogP contribution in [-0.4, -0.2) is 122 Å². The number of H-pyrrole nitrogens is 1. The van der Waals surface area contributed by atoms with E-state index in [1.807, 2.05) is 13.0 Å². The van der Waals surface area contributed by atoms with E-state index in [0.717, 1.165) is 61.9 Å². The highest BCUT2D eigenvalue weighted by atomic mass is 32.2. The maximum absolute atomic E-state index is 14.5. The zero-order valence-electron chi connectivity index (χ0n) is 43.3. The lowest BCUT2D eigenvalue weighted by atomic mass is 9.70. The number of ether oxygens (including phenoxy) is 5. The maximum atomic E-state index is 14.5. The Balaban J connectivity index is 0.850. The van der Waals surface area contributed by atoms with Gasteiger partial charge in [-0.2, -0.15) is 4.98 Å². The molecule has 1 unspecified atom stereocenters. The van der Waals surface area contributed by atoms with Crippen LogP contribution in [0.15, 0.2) is 71.6 Å². The Morgan fingerprint density at radius 1 is 0.987 bits per heavy atom. The fourth-order valence-corrected chi connectivity index (χ4v) is 13.7. The number of piperidine rings is 1. The summed E-state index contributed by atoms with van der Waals surface area (Å²) in [4.78, 5) is 38.9. The first-order chi connectivity index (χ1) is 36.0. The lowest BCUT2D eigenvalue weighted by Crippen LogP contribution is -2.63. The number of nitrogens with zero attached hydrogens (tertiary/aromatic N) is 4. The number of pyridine rings is 1. The van der Waals surface area contributed by atoms with Crippen molar-refractivity contribution in [3.05, 3.63) is 99.2 Å². The molecule has 6 heterocycles. The van der Waals surface area contributed by atoms with Gasteiger partial charge in [-0.15, -0.1) is 0 Å². The van der Waals surface area contributed by atoms with Crippen molar-refractivity contribution in [1.82, 2.24) is 19.6 Å². The van der Waals surface area contributed by atoms with Crippen LogP contribution in [0.1, 0.15) is 118 Å². The van der Waals surface area contributed by atoms with E-state index in [1.165, 1.54) is 36.5 Å². The lowest BCUT2D eigenvalue weighted by molar-refractivity contribution is -0.384. The Morgan fingerprint density at radius 2 is 1.77 bits per heavy atom. The molecule has 4 aliphatic heterocycles. The van der Waals surface area contributed by atoms with Crippen molar-refractivity contribution in [2.24, 2.45) is 11.3 Å². The van der Waals surface area contributed by atoms with E-state index in [2.05, 4.69) is 62.9 Å². The monoisotopic (exact) mass is 1050 g/mol. The number of carbonyl (C=O) groups excluding carboxylic acids is 1. The minimum absolute atomic E-state index is 0.0156. The van der Waals surface area contributed by atoms with Crippen LogP contribution < -0.4 is 29.1 Å². The second-order valence-corrected chi connectivity index (χ2v) is 24.2. The number of benzene rings is 3. The highest BCUT2D eigenvalue weighted by molar-refractivity contribution is 7.90. The van der Waals surface area contributed by atoms with Gasteiger partial charge in [0.05, 0.1) is 46.8 Å². The number of rotatable bonds is 14. The third kappa shape index (κ3) is 10.6. The van der Waals surface area contributed by atoms with Crippen LogP contribution in [0, 0.1) is 28.4 Å². The van der Waals surface area contributed by atoms with Gasteiger partial charge in [-0.05, 0) is 124 Å². The number of nitrogens with one attached hydrogen (secondary N) is 3. The van der Waals surface area contributed by atoms with Crippen LogP contribution in [0.5, 0.6) is 23.1 Å². The highest BCUT2D eigenvalue weighted by Gasteiger charge is 2.50. The minimum Gasteiger partial charge on any atom is -0.489 e. The Kier molecular flexibility index (Phi) is 14.0. The molecule has 400 valence electrons. The number of hydrogen-bond donors (Lipinski definition) is 4. The van der Waals surface area contributed by atoms with Crippen LogP contribution in [-0.2, 0) is 19.5 Å². The zero-order chi connectivity index (χ0) is 52.2. The summed E-state index contributed by atoms with van der Waals surface area (Å²) < 4.78 is 61.1. The largest absolute Gasteiger partial charge is 0.489 e. The average molecular weight is 1050 g/mol. The molecule has 0 radical (unpaired) electrons. The molecule has 11 rings (SSSR count). The number of likely N-dealkylation sites (tertiary alicyclic amines) is 1. The molecule has 5 aromatic rings. The van der Waals surface area contributed by atoms with Gasteiger partial charge in [0.1, 0.15) is 30.7 Å². The van der Waals surface area contributed by atoms with Crippen molar-refractivity contribution in [1.29, 1.82) is 0 Å². The number of hydrogen-bond acceptors (Lipinski definition) is 15. The van der Waals surface area contributed by atoms with Gasteiger partial charge in [-0.3, -0.25) is 19.8 Å². The van der Waals surface area contributed by atoms with Crippen LogP contribution in [0.3, 0.4) is 0 Å². The van der Waals surface area contributed by atoms with Crippen LogP contribution in [0.4, 0.5) is 17.1 Å². The molecular formula is C56H69N7O11S. The summed E-state index contributed by atoms with van der Waals surface area (Å²) in [5, 5.41) is 27.0. The molecule has 5 fully saturated rings. The number of fused-ring (bicyclic) bond motifs is 2. The van der Waals surface area contributed by atoms with E-state index < -0.39 is 37.0 Å². The molecule has 1 spiro atoms. The first-order valence-corrected chi connectivity index (χ1v) is 28.2. The molecule has 6 aliphatic rings. The first kappa shape index (κ1) is 51.1. The van der Waals surface area contributed by atoms with Crippen LogP contribution >= 0.6 is 0 Å². The van der Waals surface area contributed by atoms with Crippen molar-refractivity contribution in [2.75, 3.05) is 69.4 Å². The number of nitro groups is 1. The quantitative estimate of drug-likeness (QED) is 0.0602. The van der Waals surface area contributed by atoms with Gasteiger partial charge in [0.2, 0.25) is 0 Å². The van der Waals surface area contributed by atoms with Crippen LogP contribution in [0.25, 0.3) is 11.0 Å². The Hall–Kier alpha value is -5.99. The van der Waals surface area contributed by atoms with E-state index in [1.54, 1.807) is 31.2 Å². The first-order valence-electron chi connectivity index (χ1n) is 26.7. The number of carbonyl (C=O) groups is 1. The average Bonchev–Trinajstić information content (AvgIpc) is 4.02. The molecule has 2 aliphatic carbocycles. The third-order valence-electron chi connectivity index (χ3n) is 16.8. The second-order valence-electron chi connectivity index (χ2n) is 22.5. The summed E-state index contributed by atoms with van der Waals surface area (Å²) in [7, 11) is -4.74. The summed E-state index contributed by atoms with van der Waals surface area (Å²) in [5.74, 6) is 0.456. The fourth-order valence-electron chi connectivity index (χ4n) is 12.7. The van der Waals surface area contributed by atoms with Crippen molar-refractivity contribution in [3.8, 4) is 23.1 Å². The summed E-state index contributed by atoms with van der Waals surface area (Å²) in [6.07, 6.45) is 7.90. The van der Waals surface area contributed by atoms with E-state index in [4.69, 9.17) is 28.7 Å². The summed E-state index contributed by atoms with van der Waals surface area (Å²) in [6.45, 7) is 13.5. The topological polar surface area (TPSA) is 220 Å². The van der Waals surface area contributed by atoms with Gasteiger partial charge in [0, 0.05) is 67.2 Å². The van der Waals surface area contributed by atoms with Gasteiger partial charge < -0.3 is 44.0 Å².